The Morgan fingerprint density at radius 2 is 2.11 bits per heavy atom. The minimum absolute atomic E-state index is 0.338. The molecule has 0 aliphatic rings. The quantitative estimate of drug-likeness (QED) is 0.889. The van der Waals surface area contributed by atoms with Crippen LogP contribution in [0.4, 0.5) is 0 Å². The van der Waals surface area contributed by atoms with E-state index in [9.17, 15) is 0 Å². The Morgan fingerprint density at radius 3 is 2.67 bits per heavy atom. The van der Waals surface area contributed by atoms with Crippen molar-refractivity contribution in [1.29, 1.82) is 0 Å². The van der Waals surface area contributed by atoms with Gasteiger partial charge in [0.1, 0.15) is 5.75 Å². The molecule has 4 heteroatoms. The average Bonchev–Trinajstić information content (AvgIpc) is 2.71. The van der Waals surface area contributed by atoms with Crippen LogP contribution in [0.2, 0.25) is 5.02 Å². The first-order valence-corrected chi connectivity index (χ1v) is 6.50. The van der Waals surface area contributed by atoms with Crippen LogP contribution in [-0.2, 0) is 0 Å². The topological polar surface area (TPSA) is 51.0 Å². The highest BCUT2D eigenvalue weighted by molar-refractivity contribution is 6.32. The molecule has 0 radical (unpaired) electrons. The van der Waals surface area contributed by atoms with Crippen LogP contribution in [0, 0.1) is 5.92 Å². The van der Waals surface area contributed by atoms with Crippen molar-refractivity contribution in [3.05, 3.63) is 28.9 Å². The van der Waals surface area contributed by atoms with Crippen molar-refractivity contribution in [2.45, 2.75) is 19.8 Å². The van der Waals surface area contributed by atoms with E-state index in [2.05, 4.69) is 18.8 Å². The van der Waals surface area contributed by atoms with Crippen molar-refractivity contribution in [2.75, 3.05) is 13.7 Å². The molecule has 0 saturated heterocycles. The number of aromatic nitrogens is 1. The summed E-state index contributed by atoms with van der Waals surface area (Å²) in [5, 5.41) is 1.76. The lowest BCUT2D eigenvalue weighted by Gasteiger charge is -2.18. The van der Waals surface area contributed by atoms with Crippen LogP contribution in [0.25, 0.3) is 10.9 Å². The fraction of sp³-hybridized carbons (Fsp3) is 0.429. The van der Waals surface area contributed by atoms with Gasteiger partial charge < -0.3 is 15.5 Å². The standard InChI is InChI=1S/C14H19ClN2O/c1-8(2)10(6-16)11-7-17-13-5-12(15)14(18-3)4-9(11)13/h4-5,7-8,10,17H,6,16H2,1-3H3. The first kappa shape index (κ1) is 13.2. The van der Waals surface area contributed by atoms with Gasteiger partial charge in [0.25, 0.3) is 0 Å². The third kappa shape index (κ3) is 2.20. The van der Waals surface area contributed by atoms with E-state index in [1.807, 2.05) is 18.3 Å². The lowest BCUT2D eigenvalue weighted by molar-refractivity contribution is 0.415. The molecule has 98 valence electrons. The van der Waals surface area contributed by atoms with Crippen LogP contribution in [0.15, 0.2) is 18.3 Å². The lowest BCUT2D eigenvalue weighted by Crippen LogP contribution is -2.17. The van der Waals surface area contributed by atoms with Crippen molar-refractivity contribution in [3.8, 4) is 5.75 Å². The normalized spacial score (nSPS) is 13.2. The molecular weight excluding hydrogens is 248 g/mol. The van der Waals surface area contributed by atoms with Crippen LogP contribution in [0.3, 0.4) is 0 Å². The van der Waals surface area contributed by atoms with Crippen molar-refractivity contribution in [1.82, 2.24) is 4.98 Å². The third-order valence-electron chi connectivity index (χ3n) is 3.44. The number of rotatable bonds is 4. The molecule has 0 aliphatic heterocycles. The van der Waals surface area contributed by atoms with E-state index in [0.29, 0.717) is 29.2 Å². The first-order valence-electron chi connectivity index (χ1n) is 6.13. The number of fused-ring (bicyclic) bond motifs is 1. The van der Waals surface area contributed by atoms with Gasteiger partial charge in [-0.25, -0.2) is 0 Å². The van der Waals surface area contributed by atoms with Gasteiger partial charge in [0.05, 0.1) is 12.1 Å². The number of halogens is 1. The third-order valence-corrected chi connectivity index (χ3v) is 3.74. The highest BCUT2D eigenvalue weighted by atomic mass is 35.5. The zero-order valence-corrected chi connectivity index (χ0v) is 11.7. The summed E-state index contributed by atoms with van der Waals surface area (Å²) in [5.41, 5.74) is 8.14. The maximum Gasteiger partial charge on any atom is 0.138 e. The fourth-order valence-electron chi connectivity index (χ4n) is 2.37. The smallest absolute Gasteiger partial charge is 0.138 e. The summed E-state index contributed by atoms with van der Waals surface area (Å²) < 4.78 is 5.27. The molecule has 1 unspecified atom stereocenters. The zero-order valence-electron chi connectivity index (χ0n) is 11.0. The second-order valence-corrected chi connectivity index (χ2v) is 5.27. The molecule has 1 aromatic carbocycles. The number of nitrogens with two attached hydrogens (primary N) is 1. The molecule has 0 aliphatic carbocycles. The summed E-state index contributed by atoms with van der Waals surface area (Å²) in [5.74, 6) is 1.53. The molecule has 0 spiro atoms. The van der Waals surface area contributed by atoms with Crippen LogP contribution in [0.1, 0.15) is 25.3 Å². The predicted octanol–water partition coefficient (Wildman–Crippen LogP) is 3.53. The highest BCUT2D eigenvalue weighted by Gasteiger charge is 2.19. The van der Waals surface area contributed by atoms with Crippen molar-refractivity contribution in [2.24, 2.45) is 11.7 Å². The molecule has 2 rings (SSSR count). The Balaban J connectivity index is 2.59. The number of hydrogen-bond donors (Lipinski definition) is 2. The molecule has 1 heterocycles. The molecular formula is C14H19ClN2O. The molecule has 18 heavy (non-hydrogen) atoms. The number of hydrogen-bond acceptors (Lipinski definition) is 2. The number of H-pyrrole nitrogens is 1. The molecule has 3 nitrogen and oxygen atoms in total. The molecule has 3 N–H and O–H groups in total. The number of ether oxygens (including phenoxy) is 1. The van der Waals surface area contributed by atoms with Gasteiger partial charge in [0, 0.05) is 23.0 Å². The Labute approximate surface area is 112 Å². The van der Waals surface area contributed by atoms with Crippen LogP contribution in [0.5, 0.6) is 5.75 Å². The highest BCUT2D eigenvalue weighted by Crippen LogP contribution is 2.35. The predicted molar refractivity (Wildman–Crippen MR) is 76.5 cm³/mol. The second kappa shape index (κ2) is 5.21. The Hall–Kier alpha value is -1.19. The Kier molecular flexibility index (Phi) is 3.83. The molecule has 1 atom stereocenters. The van der Waals surface area contributed by atoms with Crippen LogP contribution in [-0.4, -0.2) is 18.6 Å². The van der Waals surface area contributed by atoms with E-state index in [1.165, 1.54) is 5.56 Å². The summed E-state index contributed by atoms with van der Waals surface area (Å²) in [7, 11) is 1.63. The lowest BCUT2D eigenvalue weighted by atomic mass is 9.88. The van der Waals surface area contributed by atoms with E-state index in [4.69, 9.17) is 22.1 Å². The average molecular weight is 267 g/mol. The summed E-state index contributed by atoms with van der Waals surface area (Å²) in [6, 6.07) is 3.88. The van der Waals surface area contributed by atoms with Gasteiger partial charge in [0.2, 0.25) is 0 Å². The van der Waals surface area contributed by atoms with E-state index in [1.54, 1.807) is 7.11 Å². The maximum absolute atomic E-state index is 6.12. The Bertz CT molecular complexity index is 548. The van der Waals surface area contributed by atoms with Crippen molar-refractivity contribution < 1.29 is 4.74 Å². The van der Waals surface area contributed by atoms with E-state index in [-0.39, 0.29) is 0 Å². The van der Waals surface area contributed by atoms with Crippen molar-refractivity contribution >= 4 is 22.5 Å². The first-order chi connectivity index (χ1) is 8.58. The van der Waals surface area contributed by atoms with Crippen molar-refractivity contribution in [3.63, 3.8) is 0 Å². The summed E-state index contributed by atoms with van der Waals surface area (Å²) in [4.78, 5) is 3.25. The van der Waals surface area contributed by atoms with Gasteiger partial charge in [-0.3, -0.25) is 0 Å². The van der Waals surface area contributed by atoms with Gasteiger partial charge in [-0.15, -0.1) is 0 Å². The number of nitrogens with one attached hydrogen (secondary N) is 1. The van der Waals surface area contributed by atoms with E-state index < -0.39 is 0 Å². The maximum atomic E-state index is 6.12. The molecule has 0 bridgehead atoms. The van der Waals surface area contributed by atoms with E-state index in [0.717, 1.165) is 10.9 Å². The molecule has 0 saturated carbocycles. The van der Waals surface area contributed by atoms with Crippen LogP contribution < -0.4 is 10.5 Å². The molecule has 0 fully saturated rings. The van der Waals surface area contributed by atoms with Gasteiger partial charge in [0.15, 0.2) is 0 Å². The number of benzene rings is 1. The molecule has 1 aromatic heterocycles. The van der Waals surface area contributed by atoms with Gasteiger partial charge >= 0.3 is 0 Å². The largest absolute Gasteiger partial charge is 0.495 e. The van der Waals surface area contributed by atoms with Gasteiger partial charge in [-0.2, -0.15) is 0 Å². The van der Waals surface area contributed by atoms with Crippen LogP contribution >= 0.6 is 11.6 Å². The number of methoxy groups -OCH3 is 1. The SMILES string of the molecule is COc1cc2c(C(CN)C(C)C)c[nH]c2cc1Cl. The Morgan fingerprint density at radius 1 is 1.39 bits per heavy atom. The summed E-state index contributed by atoms with van der Waals surface area (Å²) >= 11 is 6.12. The summed E-state index contributed by atoms with van der Waals surface area (Å²) in [6.07, 6.45) is 2.03. The minimum atomic E-state index is 0.338. The monoisotopic (exact) mass is 266 g/mol. The van der Waals surface area contributed by atoms with Gasteiger partial charge in [-0.1, -0.05) is 25.4 Å². The summed E-state index contributed by atoms with van der Waals surface area (Å²) in [6.45, 7) is 5.00. The second-order valence-electron chi connectivity index (χ2n) is 4.86. The molecule has 0 amide bonds. The number of aromatic amines is 1. The molecule has 2 aromatic rings. The minimum Gasteiger partial charge on any atom is -0.495 e. The van der Waals surface area contributed by atoms with E-state index >= 15 is 0 Å². The fourth-order valence-corrected chi connectivity index (χ4v) is 2.61. The zero-order chi connectivity index (χ0) is 13.3. The van der Waals surface area contributed by atoms with Gasteiger partial charge in [-0.05, 0) is 30.2 Å².